The van der Waals surface area contributed by atoms with Crippen LogP contribution in [-0.2, 0) is 4.79 Å². The molecule has 0 aromatic heterocycles. The maximum absolute atomic E-state index is 13.2. The maximum Gasteiger partial charge on any atom is 0.254 e. The highest BCUT2D eigenvalue weighted by molar-refractivity contribution is 5.95. The second-order valence-electron chi connectivity index (χ2n) is 4.17. The number of nitrogen functional groups attached to an aromatic ring is 1. The van der Waals surface area contributed by atoms with Gasteiger partial charge in [0.25, 0.3) is 5.91 Å². The van der Waals surface area contributed by atoms with Crippen LogP contribution in [0.1, 0.15) is 16.8 Å². The van der Waals surface area contributed by atoms with E-state index in [0.717, 1.165) is 12.1 Å². The van der Waals surface area contributed by atoms with Crippen LogP contribution in [0.2, 0.25) is 0 Å². The first-order chi connectivity index (χ1) is 8.56. The average molecular weight is 251 g/mol. The number of nitrogens with zero attached hydrogens (tertiary/aromatic N) is 1. The van der Waals surface area contributed by atoms with Gasteiger partial charge in [0, 0.05) is 37.3 Å². The standard InChI is InChI=1S/C12H14FN3O2/c13-9-5-8(6-10(14)7-9)12(18)16-3-1-11(17)15-2-4-16/h5-7H,1-4,14H2,(H,15,17). The Balaban J connectivity index is 2.17. The molecule has 1 aliphatic rings. The van der Waals surface area contributed by atoms with Crippen LogP contribution >= 0.6 is 0 Å². The van der Waals surface area contributed by atoms with Gasteiger partial charge in [0.05, 0.1) is 0 Å². The zero-order valence-corrected chi connectivity index (χ0v) is 9.78. The first-order valence-corrected chi connectivity index (χ1v) is 5.68. The SMILES string of the molecule is Nc1cc(F)cc(C(=O)N2CCNC(=O)CC2)c1. The van der Waals surface area contributed by atoms with Crippen molar-refractivity contribution in [2.75, 3.05) is 25.4 Å². The molecule has 0 radical (unpaired) electrons. The summed E-state index contributed by atoms with van der Waals surface area (Å²) in [4.78, 5) is 24.8. The molecule has 5 nitrogen and oxygen atoms in total. The average Bonchev–Trinajstić information content (AvgIpc) is 2.52. The van der Waals surface area contributed by atoms with Crippen molar-refractivity contribution in [2.45, 2.75) is 6.42 Å². The molecule has 18 heavy (non-hydrogen) atoms. The summed E-state index contributed by atoms with van der Waals surface area (Å²) >= 11 is 0. The molecule has 0 unspecified atom stereocenters. The van der Waals surface area contributed by atoms with Gasteiger partial charge in [-0.3, -0.25) is 9.59 Å². The van der Waals surface area contributed by atoms with Gasteiger partial charge in [0.15, 0.2) is 0 Å². The fourth-order valence-electron chi connectivity index (χ4n) is 1.89. The van der Waals surface area contributed by atoms with Gasteiger partial charge in [0.1, 0.15) is 5.82 Å². The zero-order chi connectivity index (χ0) is 13.1. The molecule has 1 saturated heterocycles. The van der Waals surface area contributed by atoms with Crippen molar-refractivity contribution < 1.29 is 14.0 Å². The molecule has 1 fully saturated rings. The fourth-order valence-corrected chi connectivity index (χ4v) is 1.89. The molecule has 0 atom stereocenters. The van der Waals surface area contributed by atoms with E-state index >= 15 is 0 Å². The minimum Gasteiger partial charge on any atom is -0.399 e. The first kappa shape index (κ1) is 12.3. The second kappa shape index (κ2) is 5.03. The van der Waals surface area contributed by atoms with Crippen LogP contribution in [0.15, 0.2) is 18.2 Å². The summed E-state index contributed by atoms with van der Waals surface area (Å²) < 4.78 is 13.2. The molecule has 0 bridgehead atoms. The lowest BCUT2D eigenvalue weighted by molar-refractivity contribution is -0.120. The van der Waals surface area contributed by atoms with E-state index in [0.29, 0.717) is 19.6 Å². The number of halogens is 1. The largest absolute Gasteiger partial charge is 0.399 e. The third kappa shape index (κ3) is 2.77. The molecule has 3 N–H and O–H groups in total. The summed E-state index contributed by atoms with van der Waals surface area (Å²) in [6.07, 6.45) is 0.260. The Labute approximate surface area is 104 Å². The van der Waals surface area contributed by atoms with Gasteiger partial charge >= 0.3 is 0 Å². The van der Waals surface area contributed by atoms with E-state index in [1.165, 1.54) is 11.0 Å². The number of rotatable bonds is 1. The molecule has 2 amide bonds. The van der Waals surface area contributed by atoms with Crippen molar-refractivity contribution >= 4 is 17.5 Å². The number of carbonyl (C=O) groups excluding carboxylic acids is 2. The number of hydrogen-bond donors (Lipinski definition) is 2. The van der Waals surface area contributed by atoms with Crippen LogP contribution in [0.5, 0.6) is 0 Å². The predicted molar refractivity (Wildman–Crippen MR) is 64.3 cm³/mol. The van der Waals surface area contributed by atoms with Crippen molar-refractivity contribution in [3.63, 3.8) is 0 Å². The van der Waals surface area contributed by atoms with Gasteiger partial charge in [-0.25, -0.2) is 4.39 Å². The molecule has 0 saturated carbocycles. The molecular weight excluding hydrogens is 237 g/mol. The van der Waals surface area contributed by atoms with Gasteiger partial charge in [-0.15, -0.1) is 0 Å². The molecule has 1 aromatic rings. The van der Waals surface area contributed by atoms with Gasteiger partial charge in [-0.1, -0.05) is 0 Å². The number of amides is 2. The van der Waals surface area contributed by atoms with Crippen molar-refractivity contribution in [3.8, 4) is 0 Å². The molecular formula is C12H14FN3O2. The number of carbonyl (C=O) groups is 2. The monoisotopic (exact) mass is 251 g/mol. The van der Waals surface area contributed by atoms with Crippen LogP contribution in [0.25, 0.3) is 0 Å². The number of nitrogens with two attached hydrogens (primary N) is 1. The number of hydrogen-bond acceptors (Lipinski definition) is 3. The highest BCUT2D eigenvalue weighted by Gasteiger charge is 2.20. The molecule has 1 heterocycles. The summed E-state index contributed by atoms with van der Waals surface area (Å²) in [5.41, 5.74) is 5.92. The Morgan fingerprint density at radius 2 is 2.11 bits per heavy atom. The smallest absolute Gasteiger partial charge is 0.254 e. The van der Waals surface area contributed by atoms with Gasteiger partial charge in [0.2, 0.25) is 5.91 Å². The number of anilines is 1. The van der Waals surface area contributed by atoms with Crippen molar-refractivity contribution in [3.05, 3.63) is 29.6 Å². The lowest BCUT2D eigenvalue weighted by Gasteiger charge is -2.19. The maximum atomic E-state index is 13.2. The van der Waals surface area contributed by atoms with Crippen LogP contribution in [0.4, 0.5) is 10.1 Å². The van der Waals surface area contributed by atoms with E-state index in [4.69, 9.17) is 5.73 Å². The highest BCUT2D eigenvalue weighted by atomic mass is 19.1. The Kier molecular flexibility index (Phi) is 3.45. The van der Waals surface area contributed by atoms with Gasteiger partial charge < -0.3 is 16.0 Å². The summed E-state index contributed by atoms with van der Waals surface area (Å²) in [5, 5.41) is 2.67. The van der Waals surface area contributed by atoms with Crippen molar-refractivity contribution in [1.29, 1.82) is 0 Å². The molecule has 6 heteroatoms. The Morgan fingerprint density at radius 3 is 2.83 bits per heavy atom. The summed E-state index contributed by atoms with van der Waals surface area (Å²) in [6, 6.07) is 3.74. The first-order valence-electron chi connectivity index (χ1n) is 5.68. The lowest BCUT2D eigenvalue weighted by Crippen LogP contribution is -2.34. The number of nitrogens with one attached hydrogen (secondary N) is 1. The van der Waals surface area contributed by atoms with Gasteiger partial charge in [-0.05, 0) is 18.2 Å². The highest BCUT2D eigenvalue weighted by Crippen LogP contribution is 2.13. The van der Waals surface area contributed by atoms with E-state index in [-0.39, 0.29) is 29.5 Å². The van der Waals surface area contributed by atoms with E-state index in [1.54, 1.807) is 0 Å². The molecule has 1 aromatic carbocycles. The third-order valence-electron chi connectivity index (χ3n) is 2.77. The van der Waals surface area contributed by atoms with E-state index < -0.39 is 5.82 Å². The van der Waals surface area contributed by atoms with E-state index in [9.17, 15) is 14.0 Å². The zero-order valence-electron chi connectivity index (χ0n) is 9.78. The quantitative estimate of drug-likeness (QED) is 0.708. The molecule has 0 aliphatic carbocycles. The Morgan fingerprint density at radius 1 is 1.33 bits per heavy atom. The Bertz CT molecular complexity index is 470. The second-order valence-corrected chi connectivity index (χ2v) is 4.17. The minimum absolute atomic E-state index is 0.0796. The van der Waals surface area contributed by atoms with E-state index in [1.807, 2.05) is 0 Å². The normalized spacial score (nSPS) is 16.1. The van der Waals surface area contributed by atoms with Gasteiger partial charge in [-0.2, -0.15) is 0 Å². The summed E-state index contributed by atoms with van der Waals surface area (Å²) in [6.45, 7) is 1.16. The van der Waals surface area contributed by atoms with Crippen LogP contribution in [-0.4, -0.2) is 36.3 Å². The lowest BCUT2D eigenvalue weighted by atomic mass is 10.1. The van der Waals surface area contributed by atoms with Crippen LogP contribution in [0.3, 0.4) is 0 Å². The fraction of sp³-hybridized carbons (Fsp3) is 0.333. The molecule has 2 rings (SSSR count). The molecule has 96 valence electrons. The van der Waals surface area contributed by atoms with Crippen molar-refractivity contribution in [1.82, 2.24) is 10.2 Å². The Hall–Kier alpha value is -2.11. The predicted octanol–water partition coefficient (Wildman–Crippen LogP) is 0.370. The topological polar surface area (TPSA) is 75.4 Å². The molecule has 0 spiro atoms. The van der Waals surface area contributed by atoms with E-state index in [2.05, 4.69) is 5.32 Å². The third-order valence-corrected chi connectivity index (χ3v) is 2.77. The number of benzene rings is 1. The minimum atomic E-state index is -0.539. The van der Waals surface area contributed by atoms with Crippen LogP contribution in [0, 0.1) is 5.82 Å². The summed E-state index contributed by atoms with van der Waals surface area (Å²) in [5.74, 6) is -0.927. The van der Waals surface area contributed by atoms with Crippen molar-refractivity contribution in [2.24, 2.45) is 0 Å². The molecule has 1 aliphatic heterocycles. The summed E-state index contributed by atoms with van der Waals surface area (Å²) in [7, 11) is 0. The van der Waals surface area contributed by atoms with Crippen LogP contribution < -0.4 is 11.1 Å².